The summed E-state index contributed by atoms with van der Waals surface area (Å²) in [5.74, 6) is 0.230. The van der Waals surface area contributed by atoms with Gasteiger partial charge >= 0.3 is 5.97 Å². The molecule has 0 bridgehead atoms. The van der Waals surface area contributed by atoms with Gasteiger partial charge in [-0.15, -0.1) is 0 Å². The van der Waals surface area contributed by atoms with Crippen molar-refractivity contribution in [2.24, 2.45) is 4.99 Å². The van der Waals surface area contributed by atoms with E-state index in [9.17, 15) is 4.79 Å². The van der Waals surface area contributed by atoms with Crippen LogP contribution in [0.5, 0.6) is 0 Å². The fraction of sp³-hybridized carbons (Fsp3) is 0.500. The molecule has 0 aliphatic rings. The highest BCUT2D eigenvalue weighted by molar-refractivity contribution is 5.89. The molecule has 0 N–H and O–H groups in total. The van der Waals surface area contributed by atoms with Crippen LogP contribution in [0.15, 0.2) is 17.5 Å². The number of hydrogen-bond donors (Lipinski definition) is 0. The van der Waals surface area contributed by atoms with Gasteiger partial charge in [-0.1, -0.05) is 0 Å². The predicted octanol–water partition coefficient (Wildman–Crippen LogP) is 2.30. The van der Waals surface area contributed by atoms with Gasteiger partial charge in [0.25, 0.3) is 0 Å². The van der Waals surface area contributed by atoms with Crippen LogP contribution in [0.1, 0.15) is 26.3 Å². The highest BCUT2D eigenvalue weighted by atomic mass is 16.6. The van der Waals surface area contributed by atoms with Crippen molar-refractivity contribution in [2.45, 2.75) is 39.8 Å². The summed E-state index contributed by atoms with van der Waals surface area (Å²) in [6.07, 6.45) is 5.03. The number of imidazole rings is 1. The summed E-state index contributed by atoms with van der Waals surface area (Å²) < 4.78 is 7.14. The smallest absolute Gasteiger partial charge is 0.326 e. The number of aliphatic imine (C=N–C) groups is 1. The number of ether oxygens (including phenoxy) is 1. The van der Waals surface area contributed by atoms with Crippen molar-refractivity contribution in [2.75, 3.05) is 14.1 Å². The number of hydrogen-bond acceptors (Lipinski definition) is 5. The molecular weight excluding hydrogens is 294 g/mol. The number of nitrogens with zero attached hydrogens (tertiary/aromatic N) is 5. The van der Waals surface area contributed by atoms with E-state index in [4.69, 9.17) is 4.74 Å². The highest BCUT2D eigenvalue weighted by Gasteiger charge is 2.18. The van der Waals surface area contributed by atoms with E-state index in [1.807, 2.05) is 46.7 Å². The third kappa shape index (κ3) is 4.28. The Morgan fingerprint density at radius 3 is 2.70 bits per heavy atom. The minimum atomic E-state index is -0.509. The van der Waals surface area contributed by atoms with Crippen molar-refractivity contribution in [1.82, 2.24) is 19.4 Å². The van der Waals surface area contributed by atoms with Crippen molar-refractivity contribution >= 4 is 29.2 Å². The molecule has 2 aromatic rings. The van der Waals surface area contributed by atoms with E-state index in [2.05, 4.69) is 15.0 Å². The Kier molecular flexibility index (Phi) is 4.68. The predicted molar refractivity (Wildman–Crippen MR) is 89.9 cm³/mol. The van der Waals surface area contributed by atoms with Crippen molar-refractivity contribution in [3.05, 3.63) is 18.1 Å². The number of rotatable bonds is 4. The van der Waals surface area contributed by atoms with Gasteiger partial charge in [-0.3, -0.25) is 4.79 Å². The minimum absolute atomic E-state index is 0.107. The number of aryl methyl sites for hydroxylation is 1. The van der Waals surface area contributed by atoms with Crippen LogP contribution in [-0.2, 0) is 16.1 Å². The van der Waals surface area contributed by atoms with Crippen LogP contribution in [0.4, 0.5) is 5.82 Å². The van der Waals surface area contributed by atoms with Gasteiger partial charge in [-0.2, -0.15) is 0 Å². The van der Waals surface area contributed by atoms with E-state index < -0.39 is 5.60 Å². The molecule has 0 atom stereocenters. The topological polar surface area (TPSA) is 72.6 Å². The first-order valence-corrected chi connectivity index (χ1v) is 7.40. The quantitative estimate of drug-likeness (QED) is 0.491. The first-order chi connectivity index (χ1) is 10.7. The summed E-state index contributed by atoms with van der Waals surface area (Å²) >= 11 is 0. The van der Waals surface area contributed by atoms with E-state index in [1.165, 1.54) is 0 Å². The second-order valence-electron chi connectivity index (χ2n) is 6.63. The van der Waals surface area contributed by atoms with Crippen LogP contribution in [-0.4, -0.2) is 51.4 Å². The molecule has 7 nitrogen and oxygen atoms in total. The molecule has 0 radical (unpaired) electrons. The van der Waals surface area contributed by atoms with Crippen LogP contribution in [0, 0.1) is 6.92 Å². The van der Waals surface area contributed by atoms with Gasteiger partial charge in [-0.25, -0.2) is 15.0 Å². The molecule has 0 saturated carbocycles. The molecule has 0 fully saturated rings. The lowest BCUT2D eigenvalue weighted by molar-refractivity contribution is -0.155. The van der Waals surface area contributed by atoms with Gasteiger partial charge in [-0.05, 0) is 33.3 Å². The molecule has 23 heavy (non-hydrogen) atoms. The molecule has 124 valence electrons. The SMILES string of the molecule is Cc1cnc(N=CN(C)C)c2ncn(CC(=O)OC(C)(C)C)c12. The van der Waals surface area contributed by atoms with Crippen molar-refractivity contribution in [1.29, 1.82) is 0 Å². The Hall–Kier alpha value is -2.44. The zero-order valence-corrected chi connectivity index (χ0v) is 14.5. The van der Waals surface area contributed by atoms with Gasteiger partial charge in [0.1, 0.15) is 17.7 Å². The number of esters is 1. The summed E-state index contributed by atoms with van der Waals surface area (Å²) in [5.41, 5.74) is 1.94. The largest absolute Gasteiger partial charge is 0.459 e. The molecule has 0 aliphatic heterocycles. The first-order valence-electron chi connectivity index (χ1n) is 7.40. The maximum atomic E-state index is 12.1. The van der Waals surface area contributed by atoms with Crippen molar-refractivity contribution in [3.63, 3.8) is 0 Å². The van der Waals surface area contributed by atoms with E-state index in [1.54, 1.807) is 23.4 Å². The second kappa shape index (κ2) is 6.36. The van der Waals surface area contributed by atoms with Crippen LogP contribution in [0.2, 0.25) is 0 Å². The summed E-state index contributed by atoms with van der Waals surface area (Å²) in [6.45, 7) is 7.58. The third-order valence-corrected chi connectivity index (χ3v) is 2.93. The van der Waals surface area contributed by atoms with Crippen LogP contribution in [0.25, 0.3) is 11.0 Å². The maximum absolute atomic E-state index is 12.1. The van der Waals surface area contributed by atoms with Gasteiger partial charge in [0.2, 0.25) is 0 Å². The summed E-state index contributed by atoms with van der Waals surface area (Å²) in [5, 5.41) is 0. The molecule has 0 unspecified atom stereocenters. The third-order valence-electron chi connectivity index (χ3n) is 2.93. The van der Waals surface area contributed by atoms with Crippen LogP contribution < -0.4 is 0 Å². The molecule has 2 aromatic heterocycles. The average Bonchev–Trinajstić information content (AvgIpc) is 2.80. The molecule has 7 heteroatoms. The van der Waals surface area contributed by atoms with Crippen LogP contribution in [0.3, 0.4) is 0 Å². The Labute approximate surface area is 136 Å². The standard InChI is InChI=1S/C16H23N5O2/c1-11-7-17-15(19-9-20(5)6)13-14(11)21(10-18-13)8-12(22)23-16(2,3)4/h7,9-10H,8H2,1-6H3. The summed E-state index contributed by atoms with van der Waals surface area (Å²) in [4.78, 5) is 26.9. The number of fused-ring (bicyclic) bond motifs is 1. The number of carbonyl (C=O) groups is 1. The fourth-order valence-corrected chi connectivity index (χ4v) is 2.14. The van der Waals surface area contributed by atoms with Gasteiger partial charge < -0.3 is 14.2 Å². The first kappa shape index (κ1) is 16.9. The lowest BCUT2D eigenvalue weighted by atomic mass is 10.2. The molecular formula is C16H23N5O2. The molecule has 0 aromatic carbocycles. The van der Waals surface area contributed by atoms with Crippen LogP contribution >= 0.6 is 0 Å². The second-order valence-corrected chi connectivity index (χ2v) is 6.63. The highest BCUT2D eigenvalue weighted by Crippen LogP contribution is 2.25. The Balaban J connectivity index is 2.36. The van der Waals surface area contributed by atoms with Crippen molar-refractivity contribution in [3.8, 4) is 0 Å². The summed E-state index contributed by atoms with van der Waals surface area (Å²) in [7, 11) is 3.77. The van der Waals surface area contributed by atoms with E-state index in [0.29, 0.717) is 11.3 Å². The monoisotopic (exact) mass is 317 g/mol. The Morgan fingerprint density at radius 2 is 2.09 bits per heavy atom. The zero-order valence-electron chi connectivity index (χ0n) is 14.5. The van der Waals surface area contributed by atoms with E-state index in [-0.39, 0.29) is 12.5 Å². The average molecular weight is 317 g/mol. The molecule has 0 saturated heterocycles. The van der Waals surface area contributed by atoms with Gasteiger partial charge in [0.05, 0.1) is 18.2 Å². The maximum Gasteiger partial charge on any atom is 0.326 e. The molecule has 0 spiro atoms. The Morgan fingerprint density at radius 1 is 1.39 bits per heavy atom. The summed E-state index contributed by atoms with van der Waals surface area (Å²) in [6, 6.07) is 0. The fourth-order valence-electron chi connectivity index (χ4n) is 2.14. The van der Waals surface area contributed by atoms with Gasteiger partial charge in [0, 0.05) is 20.3 Å². The Bertz CT molecular complexity index is 741. The minimum Gasteiger partial charge on any atom is -0.459 e. The number of aromatic nitrogens is 3. The van der Waals surface area contributed by atoms with E-state index in [0.717, 1.165) is 11.1 Å². The lowest BCUT2D eigenvalue weighted by Crippen LogP contribution is -2.26. The molecule has 2 heterocycles. The van der Waals surface area contributed by atoms with E-state index >= 15 is 0 Å². The van der Waals surface area contributed by atoms with Crippen molar-refractivity contribution < 1.29 is 9.53 Å². The number of carbonyl (C=O) groups excluding carboxylic acids is 1. The number of pyridine rings is 1. The molecule has 2 rings (SSSR count). The van der Waals surface area contributed by atoms with Gasteiger partial charge in [0.15, 0.2) is 5.82 Å². The molecule has 0 amide bonds. The zero-order chi connectivity index (χ0) is 17.2. The lowest BCUT2D eigenvalue weighted by Gasteiger charge is -2.19. The molecule has 0 aliphatic carbocycles. The normalized spacial score (nSPS) is 12.1.